The van der Waals surface area contributed by atoms with Crippen LogP contribution < -0.4 is 5.32 Å². The Bertz CT molecular complexity index is 1020. The Kier molecular flexibility index (Phi) is 7.48. The number of benzene rings is 2. The molecular formula is C23H24FN3O4. The number of rotatable bonds is 9. The molecule has 0 saturated heterocycles. The number of aromatic nitrogens is 2. The van der Waals surface area contributed by atoms with Crippen molar-refractivity contribution in [3.63, 3.8) is 0 Å². The molecule has 0 aliphatic carbocycles. The van der Waals surface area contributed by atoms with Gasteiger partial charge in [-0.3, -0.25) is 9.59 Å². The zero-order valence-electron chi connectivity index (χ0n) is 17.5. The van der Waals surface area contributed by atoms with Crippen LogP contribution in [0.25, 0.3) is 11.4 Å². The summed E-state index contributed by atoms with van der Waals surface area (Å²) in [6, 6.07) is 11.6. The summed E-state index contributed by atoms with van der Waals surface area (Å²) < 4.78 is 23.2. The Hall–Kier alpha value is -3.55. The molecule has 0 bridgehead atoms. The van der Waals surface area contributed by atoms with Gasteiger partial charge in [-0.15, -0.1) is 0 Å². The molecule has 0 atom stereocenters. The van der Waals surface area contributed by atoms with Gasteiger partial charge in [0.05, 0.1) is 6.42 Å². The van der Waals surface area contributed by atoms with E-state index in [0.29, 0.717) is 11.4 Å². The van der Waals surface area contributed by atoms with E-state index in [1.807, 2.05) is 32.0 Å². The van der Waals surface area contributed by atoms with Gasteiger partial charge >= 0.3 is 5.97 Å². The summed E-state index contributed by atoms with van der Waals surface area (Å²) in [4.78, 5) is 28.4. The van der Waals surface area contributed by atoms with Gasteiger partial charge in [-0.25, -0.2) is 4.39 Å². The van der Waals surface area contributed by atoms with E-state index in [2.05, 4.69) is 15.5 Å². The van der Waals surface area contributed by atoms with Crippen molar-refractivity contribution in [2.45, 2.75) is 39.5 Å². The second-order valence-electron chi connectivity index (χ2n) is 6.89. The van der Waals surface area contributed by atoms with E-state index in [0.717, 1.165) is 29.7 Å². The van der Waals surface area contributed by atoms with Gasteiger partial charge in [0.2, 0.25) is 11.7 Å². The zero-order chi connectivity index (χ0) is 22.2. The molecule has 0 unspecified atom stereocenters. The number of hydrogen-bond acceptors (Lipinski definition) is 6. The predicted octanol–water partition coefficient (Wildman–Crippen LogP) is 4.12. The van der Waals surface area contributed by atoms with Gasteiger partial charge in [0.1, 0.15) is 5.82 Å². The Labute approximate surface area is 179 Å². The number of hydrogen-bond donors (Lipinski definition) is 1. The predicted molar refractivity (Wildman–Crippen MR) is 113 cm³/mol. The lowest BCUT2D eigenvalue weighted by Crippen LogP contribution is -2.22. The first-order valence-corrected chi connectivity index (χ1v) is 10.1. The molecule has 1 heterocycles. The first kappa shape index (κ1) is 22.1. The van der Waals surface area contributed by atoms with Gasteiger partial charge in [0.25, 0.3) is 5.91 Å². The van der Waals surface area contributed by atoms with Crippen LogP contribution in [-0.4, -0.2) is 28.6 Å². The van der Waals surface area contributed by atoms with E-state index >= 15 is 0 Å². The van der Waals surface area contributed by atoms with Gasteiger partial charge < -0.3 is 14.6 Å². The van der Waals surface area contributed by atoms with E-state index < -0.39 is 5.97 Å². The van der Waals surface area contributed by atoms with Gasteiger partial charge in [0, 0.05) is 17.7 Å². The largest absolute Gasteiger partial charge is 0.456 e. The highest BCUT2D eigenvalue weighted by atomic mass is 19.1. The van der Waals surface area contributed by atoms with Crippen LogP contribution in [0, 0.1) is 5.82 Å². The third kappa shape index (κ3) is 5.97. The van der Waals surface area contributed by atoms with Crippen LogP contribution in [0.2, 0.25) is 0 Å². The summed E-state index contributed by atoms with van der Waals surface area (Å²) >= 11 is 0. The molecule has 0 aliphatic heterocycles. The van der Waals surface area contributed by atoms with Gasteiger partial charge in [-0.1, -0.05) is 37.2 Å². The van der Waals surface area contributed by atoms with Crippen molar-refractivity contribution < 1.29 is 23.2 Å². The average Bonchev–Trinajstić information content (AvgIpc) is 3.26. The molecular weight excluding hydrogens is 401 g/mol. The average molecular weight is 425 g/mol. The van der Waals surface area contributed by atoms with Crippen molar-refractivity contribution in [3.05, 3.63) is 65.3 Å². The summed E-state index contributed by atoms with van der Waals surface area (Å²) in [7, 11) is 0. The maximum atomic E-state index is 13.0. The molecule has 0 saturated carbocycles. The molecule has 31 heavy (non-hydrogen) atoms. The van der Waals surface area contributed by atoms with E-state index in [4.69, 9.17) is 9.26 Å². The maximum absolute atomic E-state index is 13.0. The topological polar surface area (TPSA) is 94.3 Å². The Balaban J connectivity index is 1.48. The van der Waals surface area contributed by atoms with Crippen LogP contribution in [0.15, 0.2) is 47.0 Å². The fourth-order valence-corrected chi connectivity index (χ4v) is 3.08. The van der Waals surface area contributed by atoms with Crippen LogP contribution in [0.3, 0.4) is 0 Å². The monoisotopic (exact) mass is 425 g/mol. The number of aryl methyl sites for hydroxylation is 3. The standard InChI is InChI=1S/C23H24FN3O4/c1-3-15-6-5-7-16(4-2)22(15)25-19(28)14-30-21(29)13-12-20-26-23(27-31-20)17-8-10-18(24)11-9-17/h5-11H,3-4,12-14H2,1-2H3,(H,25,28). The van der Waals surface area contributed by atoms with Crippen LogP contribution in [0.4, 0.5) is 10.1 Å². The van der Waals surface area contributed by atoms with E-state index in [9.17, 15) is 14.0 Å². The van der Waals surface area contributed by atoms with Crippen molar-refractivity contribution in [2.24, 2.45) is 0 Å². The van der Waals surface area contributed by atoms with Crippen molar-refractivity contribution in [3.8, 4) is 11.4 Å². The van der Waals surface area contributed by atoms with Crippen LogP contribution in [0.1, 0.15) is 37.3 Å². The Morgan fingerprint density at radius 2 is 1.74 bits per heavy atom. The zero-order valence-corrected chi connectivity index (χ0v) is 17.5. The quantitative estimate of drug-likeness (QED) is 0.519. The summed E-state index contributed by atoms with van der Waals surface area (Å²) in [5, 5.41) is 6.67. The molecule has 1 N–H and O–H groups in total. The minimum atomic E-state index is -0.545. The molecule has 0 spiro atoms. The lowest BCUT2D eigenvalue weighted by molar-refractivity contribution is -0.147. The fraction of sp³-hybridized carbons (Fsp3) is 0.304. The minimum Gasteiger partial charge on any atom is -0.456 e. The summed E-state index contributed by atoms with van der Waals surface area (Å²) in [6.07, 6.45) is 1.73. The number of para-hydroxylation sites is 1. The molecule has 162 valence electrons. The van der Waals surface area contributed by atoms with Crippen molar-refractivity contribution in [1.82, 2.24) is 10.1 Å². The number of amides is 1. The number of halogens is 1. The molecule has 7 nitrogen and oxygen atoms in total. The number of nitrogens with one attached hydrogen (secondary N) is 1. The summed E-state index contributed by atoms with van der Waals surface area (Å²) in [6.45, 7) is 3.66. The lowest BCUT2D eigenvalue weighted by atomic mass is 10.0. The molecule has 3 rings (SSSR count). The number of anilines is 1. The number of ether oxygens (including phenoxy) is 1. The summed E-state index contributed by atoms with van der Waals surface area (Å²) in [5.41, 5.74) is 3.46. The van der Waals surface area contributed by atoms with Gasteiger partial charge in [-0.2, -0.15) is 4.98 Å². The highest BCUT2D eigenvalue weighted by Gasteiger charge is 2.14. The number of carbonyl (C=O) groups is 2. The summed E-state index contributed by atoms with van der Waals surface area (Å²) in [5.74, 6) is -0.728. The van der Waals surface area contributed by atoms with Gasteiger partial charge in [-0.05, 0) is 48.2 Å². The molecule has 3 aromatic rings. The minimum absolute atomic E-state index is 0.00983. The van der Waals surface area contributed by atoms with Crippen LogP contribution >= 0.6 is 0 Å². The molecule has 0 radical (unpaired) electrons. The lowest BCUT2D eigenvalue weighted by Gasteiger charge is -2.14. The first-order valence-electron chi connectivity index (χ1n) is 10.1. The second-order valence-corrected chi connectivity index (χ2v) is 6.89. The molecule has 8 heteroatoms. The number of carbonyl (C=O) groups excluding carboxylic acids is 2. The molecule has 0 fully saturated rings. The van der Waals surface area contributed by atoms with E-state index in [1.54, 1.807) is 0 Å². The van der Waals surface area contributed by atoms with E-state index in [1.165, 1.54) is 24.3 Å². The normalized spacial score (nSPS) is 10.7. The third-order valence-electron chi connectivity index (χ3n) is 4.74. The van der Waals surface area contributed by atoms with Crippen LogP contribution in [-0.2, 0) is 33.6 Å². The van der Waals surface area contributed by atoms with Crippen LogP contribution in [0.5, 0.6) is 0 Å². The highest BCUT2D eigenvalue weighted by Crippen LogP contribution is 2.22. The van der Waals surface area contributed by atoms with Gasteiger partial charge in [0.15, 0.2) is 6.61 Å². The van der Waals surface area contributed by atoms with E-state index in [-0.39, 0.29) is 37.1 Å². The Morgan fingerprint density at radius 1 is 1.06 bits per heavy atom. The number of esters is 1. The Morgan fingerprint density at radius 3 is 2.39 bits per heavy atom. The third-order valence-corrected chi connectivity index (χ3v) is 4.74. The first-order chi connectivity index (χ1) is 15.0. The molecule has 2 aromatic carbocycles. The highest BCUT2D eigenvalue weighted by molar-refractivity contribution is 5.94. The SMILES string of the molecule is CCc1cccc(CC)c1NC(=O)COC(=O)CCc1nc(-c2ccc(F)cc2)no1. The molecule has 1 aromatic heterocycles. The fourth-order valence-electron chi connectivity index (χ4n) is 3.08. The smallest absolute Gasteiger partial charge is 0.306 e. The molecule has 0 aliphatic rings. The van der Waals surface area contributed by atoms with Crippen molar-refractivity contribution in [2.75, 3.05) is 11.9 Å². The van der Waals surface area contributed by atoms with Crippen molar-refractivity contribution >= 4 is 17.6 Å². The second kappa shape index (κ2) is 10.5. The molecule has 1 amide bonds. The number of nitrogens with zero attached hydrogens (tertiary/aromatic N) is 2. The van der Waals surface area contributed by atoms with Crippen molar-refractivity contribution in [1.29, 1.82) is 0 Å². The maximum Gasteiger partial charge on any atom is 0.306 e.